The van der Waals surface area contributed by atoms with Gasteiger partial charge in [-0.1, -0.05) is 38.7 Å². The van der Waals surface area contributed by atoms with Crippen molar-refractivity contribution >= 4 is 8.07 Å². The molecule has 0 amide bonds. The maximum Gasteiger partial charge on any atom is 0.164 e. The van der Waals surface area contributed by atoms with Crippen LogP contribution in [0.2, 0.25) is 25.7 Å². The molecule has 0 bridgehead atoms. The summed E-state index contributed by atoms with van der Waals surface area (Å²) < 4.78 is 16.7. The largest absolute Gasteiger partial charge is 0.496 e. The van der Waals surface area contributed by atoms with Crippen LogP contribution in [0.4, 0.5) is 0 Å². The molecule has 23 heavy (non-hydrogen) atoms. The number of allylic oxidation sites excluding steroid dienone is 2. The summed E-state index contributed by atoms with van der Waals surface area (Å²) >= 11 is 0. The van der Waals surface area contributed by atoms with E-state index in [2.05, 4.69) is 38.7 Å². The number of aryl methyl sites for hydroxylation is 1. The van der Waals surface area contributed by atoms with Crippen LogP contribution in [0.3, 0.4) is 0 Å². The lowest BCUT2D eigenvalue weighted by molar-refractivity contribution is 0.247. The summed E-state index contributed by atoms with van der Waals surface area (Å²) in [6.07, 6.45) is 5.66. The van der Waals surface area contributed by atoms with E-state index in [0.29, 0.717) is 12.5 Å². The molecule has 3 nitrogen and oxygen atoms in total. The Morgan fingerprint density at radius 1 is 1.00 bits per heavy atom. The molecule has 0 aliphatic carbocycles. The average molecular weight is 337 g/mol. The average Bonchev–Trinajstić information content (AvgIpc) is 2.49. The Morgan fingerprint density at radius 2 is 1.65 bits per heavy atom. The van der Waals surface area contributed by atoms with Crippen molar-refractivity contribution in [3.05, 3.63) is 29.8 Å². The van der Waals surface area contributed by atoms with Crippen molar-refractivity contribution in [1.29, 1.82) is 0 Å². The lowest BCUT2D eigenvalue weighted by Gasteiger charge is -2.16. The van der Waals surface area contributed by atoms with E-state index in [4.69, 9.17) is 14.2 Å². The third kappa shape index (κ3) is 7.12. The first-order chi connectivity index (χ1) is 10.8. The van der Waals surface area contributed by atoms with Gasteiger partial charge in [0.05, 0.1) is 20.8 Å². The van der Waals surface area contributed by atoms with Gasteiger partial charge in [-0.25, -0.2) is 0 Å². The highest BCUT2D eigenvalue weighted by atomic mass is 28.3. The fourth-order valence-corrected chi connectivity index (χ4v) is 3.07. The van der Waals surface area contributed by atoms with E-state index in [1.54, 1.807) is 14.2 Å². The van der Waals surface area contributed by atoms with Gasteiger partial charge >= 0.3 is 0 Å². The molecular formula is C19H32O3Si. The van der Waals surface area contributed by atoms with Gasteiger partial charge in [-0.15, -0.1) is 0 Å². The van der Waals surface area contributed by atoms with Gasteiger partial charge in [0.1, 0.15) is 5.75 Å². The molecule has 0 aromatic heterocycles. The van der Waals surface area contributed by atoms with Gasteiger partial charge in [-0.2, -0.15) is 0 Å². The topological polar surface area (TPSA) is 27.7 Å². The first-order valence-electron chi connectivity index (χ1n) is 8.27. The fraction of sp³-hybridized carbons (Fsp3) is 0.579. The van der Waals surface area contributed by atoms with Crippen LogP contribution < -0.4 is 14.2 Å². The monoisotopic (exact) mass is 336 g/mol. The molecule has 0 heterocycles. The smallest absolute Gasteiger partial charge is 0.164 e. The zero-order valence-corrected chi connectivity index (χ0v) is 16.7. The van der Waals surface area contributed by atoms with Crippen LogP contribution in [0.5, 0.6) is 17.2 Å². The van der Waals surface area contributed by atoms with Gasteiger partial charge in [0.2, 0.25) is 0 Å². The van der Waals surface area contributed by atoms with Crippen molar-refractivity contribution in [3.63, 3.8) is 0 Å². The molecule has 4 heteroatoms. The molecule has 0 saturated carbocycles. The van der Waals surface area contributed by atoms with E-state index in [1.165, 1.54) is 6.04 Å². The van der Waals surface area contributed by atoms with Gasteiger partial charge in [-0.3, -0.25) is 0 Å². The molecule has 0 N–H and O–H groups in total. The lowest BCUT2D eigenvalue weighted by Crippen LogP contribution is -2.17. The maximum atomic E-state index is 5.96. The summed E-state index contributed by atoms with van der Waals surface area (Å²) in [7, 11) is 2.36. The highest BCUT2D eigenvalue weighted by Gasteiger charge is 2.12. The number of ether oxygens (including phenoxy) is 3. The molecule has 1 aromatic rings. The molecule has 0 radical (unpaired) electrons. The van der Waals surface area contributed by atoms with E-state index in [1.807, 2.05) is 19.1 Å². The second-order valence-corrected chi connectivity index (χ2v) is 12.9. The maximum absolute atomic E-state index is 5.96. The molecule has 1 rings (SSSR count). The third-order valence-electron chi connectivity index (χ3n) is 3.64. The molecule has 1 unspecified atom stereocenters. The predicted molar refractivity (Wildman–Crippen MR) is 101 cm³/mol. The number of hydrogen-bond donors (Lipinski definition) is 0. The minimum atomic E-state index is -0.977. The van der Waals surface area contributed by atoms with Gasteiger partial charge in [0, 0.05) is 14.1 Å². The lowest BCUT2D eigenvalue weighted by atomic mass is 10.1. The predicted octanol–water partition coefficient (Wildman–Crippen LogP) is 5.31. The number of rotatable bonds is 9. The van der Waals surface area contributed by atoms with E-state index in [0.717, 1.165) is 29.2 Å². The number of hydrogen-bond acceptors (Lipinski definition) is 3. The Morgan fingerprint density at radius 3 is 2.22 bits per heavy atom. The van der Waals surface area contributed by atoms with Crippen molar-refractivity contribution in [2.45, 2.75) is 46.0 Å². The minimum absolute atomic E-state index is 0.463. The van der Waals surface area contributed by atoms with Gasteiger partial charge in [0.25, 0.3) is 0 Å². The summed E-state index contributed by atoms with van der Waals surface area (Å²) in [5.41, 5.74) is 1.04. The van der Waals surface area contributed by atoms with E-state index in [9.17, 15) is 0 Å². The van der Waals surface area contributed by atoms with Gasteiger partial charge in [0.15, 0.2) is 11.5 Å². The van der Waals surface area contributed by atoms with Crippen LogP contribution in [0.1, 0.15) is 18.9 Å². The van der Waals surface area contributed by atoms with E-state index in [-0.39, 0.29) is 0 Å². The summed E-state index contributed by atoms with van der Waals surface area (Å²) in [5, 5.41) is 0. The molecular weight excluding hydrogens is 304 g/mol. The first-order valence-corrected chi connectivity index (χ1v) is 12.0. The Labute approximate surface area is 142 Å². The molecule has 0 aliphatic heterocycles. The second-order valence-electron chi connectivity index (χ2n) is 7.36. The SMILES string of the molecule is COc1cc(OCC(C)C/C=C/C[Si](C)(C)C)c(OC)cc1C. The number of benzene rings is 1. The van der Waals surface area contributed by atoms with Gasteiger partial charge < -0.3 is 14.2 Å². The molecule has 1 aromatic carbocycles. The van der Waals surface area contributed by atoms with Crippen LogP contribution in [-0.4, -0.2) is 28.9 Å². The van der Waals surface area contributed by atoms with Crippen molar-refractivity contribution < 1.29 is 14.2 Å². The Kier molecular flexibility index (Phi) is 7.69. The van der Waals surface area contributed by atoms with Crippen LogP contribution >= 0.6 is 0 Å². The highest BCUT2D eigenvalue weighted by molar-refractivity contribution is 6.76. The van der Waals surface area contributed by atoms with Crippen molar-refractivity contribution in [3.8, 4) is 17.2 Å². The van der Waals surface area contributed by atoms with E-state index < -0.39 is 8.07 Å². The summed E-state index contributed by atoms with van der Waals surface area (Å²) in [6, 6.07) is 5.10. The molecule has 0 saturated heterocycles. The van der Waals surface area contributed by atoms with Crippen LogP contribution in [0, 0.1) is 12.8 Å². The molecule has 0 spiro atoms. The standard InChI is InChI=1S/C19H32O3Si/c1-15(10-8-9-11-23(5,6)7)14-22-19-13-17(20-3)16(2)12-18(19)21-4/h8-9,12-13,15H,10-11,14H2,1-7H3/b9-8+. The quantitative estimate of drug-likeness (QED) is 0.452. The van der Waals surface area contributed by atoms with Crippen LogP contribution in [-0.2, 0) is 0 Å². The zero-order valence-electron chi connectivity index (χ0n) is 15.7. The molecule has 130 valence electrons. The van der Waals surface area contributed by atoms with Gasteiger partial charge in [-0.05, 0) is 36.9 Å². The van der Waals surface area contributed by atoms with E-state index >= 15 is 0 Å². The molecule has 1 atom stereocenters. The minimum Gasteiger partial charge on any atom is -0.496 e. The molecule has 0 fully saturated rings. The zero-order chi connectivity index (χ0) is 17.5. The Hall–Kier alpha value is -1.42. The van der Waals surface area contributed by atoms with Crippen LogP contribution in [0.15, 0.2) is 24.3 Å². The van der Waals surface area contributed by atoms with Crippen molar-refractivity contribution in [1.82, 2.24) is 0 Å². The fourth-order valence-electron chi connectivity index (χ4n) is 2.20. The highest BCUT2D eigenvalue weighted by Crippen LogP contribution is 2.34. The van der Waals surface area contributed by atoms with Crippen molar-refractivity contribution in [2.75, 3.05) is 20.8 Å². The summed E-state index contributed by atoms with van der Waals surface area (Å²) in [5.74, 6) is 2.78. The van der Waals surface area contributed by atoms with Crippen molar-refractivity contribution in [2.24, 2.45) is 5.92 Å². The third-order valence-corrected chi connectivity index (χ3v) is 5.10. The first kappa shape index (κ1) is 19.6. The Balaban J connectivity index is 2.57. The summed E-state index contributed by atoms with van der Waals surface area (Å²) in [4.78, 5) is 0. The Bertz CT molecular complexity index is 518. The number of methoxy groups -OCH3 is 2. The normalized spacial score (nSPS) is 13.2. The molecule has 0 aliphatic rings. The summed E-state index contributed by atoms with van der Waals surface area (Å²) in [6.45, 7) is 12.0. The second kappa shape index (κ2) is 9.01. The van der Waals surface area contributed by atoms with Crippen LogP contribution in [0.25, 0.3) is 0 Å².